The van der Waals surface area contributed by atoms with Crippen LogP contribution in [0.4, 0.5) is 26.3 Å². The molecular weight excluding hydrogens is 692 g/mol. The van der Waals surface area contributed by atoms with Gasteiger partial charge >= 0.3 is 12.1 Å². The minimum atomic E-state index is -4.88. The van der Waals surface area contributed by atoms with Crippen LogP contribution >= 0.6 is 0 Å². The number of fused-ring (bicyclic) bond motifs is 2. The van der Waals surface area contributed by atoms with Crippen LogP contribution in [0.1, 0.15) is 78.6 Å². The number of morpholine rings is 1. The zero-order chi connectivity index (χ0) is 38.2. The van der Waals surface area contributed by atoms with Crippen LogP contribution < -0.4 is 10.9 Å². The smallest absolute Gasteiger partial charge is 0.416 e. The summed E-state index contributed by atoms with van der Waals surface area (Å²) in [6.45, 7) is 7.67. The number of pyridine rings is 1. The van der Waals surface area contributed by atoms with E-state index in [1.165, 1.54) is 13.8 Å². The highest BCUT2D eigenvalue weighted by atomic mass is 19.4. The number of carbonyl (C=O) groups is 2. The van der Waals surface area contributed by atoms with Crippen molar-refractivity contribution in [2.45, 2.75) is 83.8 Å². The third-order valence-electron chi connectivity index (χ3n) is 9.68. The maximum atomic E-state index is 16.5. The Morgan fingerprint density at radius 2 is 1.77 bits per heavy atom. The van der Waals surface area contributed by atoms with E-state index in [1.54, 1.807) is 13.8 Å². The van der Waals surface area contributed by atoms with Crippen LogP contribution in [0.15, 0.2) is 35.3 Å². The summed E-state index contributed by atoms with van der Waals surface area (Å²) >= 11 is 0. The largest absolute Gasteiger partial charge is 0.481 e. The quantitative estimate of drug-likeness (QED) is 0.163. The lowest BCUT2D eigenvalue weighted by Crippen LogP contribution is -2.41. The summed E-state index contributed by atoms with van der Waals surface area (Å²) < 4.78 is 95.6. The van der Waals surface area contributed by atoms with Gasteiger partial charge in [0.15, 0.2) is 0 Å². The van der Waals surface area contributed by atoms with Crippen LogP contribution in [0, 0.1) is 49.6 Å². The molecule has 278 valence electrons. The lowest BCUT2D eigenvalue weighted by molar-refractivity contribution is -0.139. The maximum Gasteiger partial charge on any atom is 0.416 e. The molecule has 0 aliphatic carbocycles. The second-order valence-corrected chi connectivity index (χ2v) is 13.9. The number of nitrogens with one attached hydrogen (secondary N) is 1. The molecule has 2 saturated heterocycles. The second-order valence-electron chi connectivity index (χ2n) is 13.9. The van der Waals surface area contributed by atoms with E-state index in [9.17, 15) is 37.1 Å². The number of carboxylic acids is 1. The molecule has 8 nitrogen and oxygen atoms in total. The Hall–Kier alpha value is -4.61. The Bertz CT molecular complexity index is 1960. The molecule has 0 radical (unpaired) electrons. The van der Waals surface area contributed by atoms with Gasteiger partial charge in [-0.1, -0.05) is 19.8 Å². The molecule has 3 heterocycles. The van der Waals surface area contributed by atoms with E-state index in [2.05, 4.69) is 11.2 Å². The minimum Gasteiger partial charge on any atom is -0.481 e. The molecule has 5 rings (SSSR count). The van der Waals surface area contributed by atoms with Gasteiger partial charge in [-0.2, -0.15) is 13.2 Å². The van der Waals surface area contributed by atoms with Crippen LogP contribution in [0.3, 0.4) is 0 Å². The first-order chi connectivity index (χ1) is 24.4. The number of nitrogens with zero attached hydrogens (tertiary/aromatic N) is 2. The lowest BCUT2D eigenvalue weighted by atomic mass is 9.89. The van der Waals surface area contributed by atoms with Gasteiger partial charge in [0.25, 0.3) is 5.56 Å². The third kappa shape index (κ3) is 8.05. The Morgan fingerprint density at radius 1 is 1.10 bits per heavy atom. The van der Waals surface area contributed by atoms with E-state index in [1.807, 2.05) is 4.90 Å². The van der Waals surface area contributed by atoms with E-state index < -0.39 is 76.3 Å². The molecule has 1 amide bonds. The van der Waals surface area contributed by atoms with Crippen LogP contribution in [0.2, 0.25) is 0 Å². The second kappa shape index (κ2) is 15.2. The number of carbonyl (C=O) groups excluding carboxylic acids is 1. The van der Waals surface area contributed by atoms with Gasteiger partial charge < -0.3 is 19.7 Å². The molecule has 2 N–H and O–H groups in total. The molecule has 2 aromatic carbocycles. The van der Waals surface area contributed by atoms with Crippen molar-refractivity contribution in [2.75, 3.05) is 19.7 Å². The molecule has 0 saturated carbocycles. The summed E-state index contributed by atoms with van der Waals surface area (Å²) in [6, 6.07) is 0.418. The number of aryl methyl sites for hydroxylation is 2. The fourth-order valence-electron chi connectivity index (χ4n) is 7.36. The Balaban J connectivity index is 1.57. The van der Waals surface area contributed by atoms with Gasteiger partial charge in [-0.05, 0) is 79.5 Å². The average Bonchev–Trinajstić information content (AvgIpc) is 3.66. The maximum absolute atomic E-state index is 16.5. The van der Waals surface area contributed by atoms with Gasteiger partial charge in [0.2, 0.25) is 5.91 Å². The Labute approximate surface area is 296 Å². The number of benzene rings is 2. The molecule has 2 aliphatic heterocycles. The van der Waals surface area contributed by atoms with Gasteiger partial charge in [0.05, 0.1) is 36.3 Å². The summed E-state index contributed by atoms with van der Waals surface area (Å²) in [4.78, 5) is 41.5. The first kappa shape index (κ1) is 38.6. The number of halogens is 6. The van der Waals surface area contributed by atoms with E-state index in [-0.39, 0.29) is 65.3 Å². The van der Waals surface area contributed by atoms with Crippen molar-refractivity contribution in [1.82, 2.24) is 14.8 Å². The number of rotatable bonds is 12. The number of hydrogen-bond acceptors (Lipinski definition) is 5. The van der Waals surface area contributed by atoms with Crippen molar-refractivity contribution >= 4 is 11.9 Å². The number of amides is 1. The molecule has 1 aromatic heterocycles. The number of alkyl halides is 3. The molecule has 2 fully saturated rings. The first-order valence-corrected chi connectivity index (χ1v) is 16.8. The summed E-state index contributed by atoms with van der Waals surface area (Å²) in [6.07, 6.45) is 1.22. The molecular formula is C38H39F6N3O5. The van der Waals surface area contributed by atoms with Gasteiger partial charge in [0, 0.05) is 42.5 Å². The summed E-state index contributed by atoms with van der Waals surface area (Å²) in [5.41, 5.74) is -3.39. The Morgan fingerprint density at radius 3 is 2.31 bits per heavy atom. The number of hydrogen-bond donors (Lipinski definition) is 2. The van der Waals surface area contributed by atoms with Gasteiger partial charge in [0.1, 0.15) is 23.5 Å². The van der Waals surface area contributed by atoms with Gasteiger partial charge in [-0.15, -0.1) is 6.42 Å². The normalized spacial score (nSPS) is 18.4. The SMILES string of the molecule is C#Cc1cc(-c2c(C)cc(F)cc2C)c(F)c([C@@H](CC(=O)O)NC(=O)[C@H](CC(C)C)n2cc(CCN3C[C@H]4C[C@@H]3CO4)c(C(F)(F)F)cc2=O)c1F. The fourth-order valence-corrected chi connectivity index (χ4v) is 7.36. The molecule has 0 spiro atoms. The summed E-state index contributed by atoms with van der Waals surface area (Å²) in [5.74, 6) is -3.99. The number of ether oxygens (including phenoxy) is 1. The highest BCUT2D eigenvalue weighted by Gasteiger charge is 2.40. The zero-order valence-electron chi connectivity index (χ0n) is 29.0. The van der Waals surface area contributed by atoms with Crippen molar-refractivity contribution < 1.29 is 45.8 Å². The average molecular weight is 732 g/mol. The van der Waals surface area contributed by atoms with Crippen molar-refractivity contribution in [3.8, 4) is 23.5 Å². The zero-order valence-corrected chi connectivity index (χ0v) is 29.0. The monoisotopic (exact) mass is 731 g/mol. The van der Waals surface area contributed by atoms with Crippen LogP contribution in [0.5, 0.6) is 0 Å². The molecule has 3 aromatic rings. The fraction of sp³-hybridized carbons (Fsp3) is 0.447. The Kier molecular flexibility index (Phi) is 11.3. The molecule has 52 heavy (non-hydrogen) atoms. The number of likely N-dealkylation sites (tertiary alicyclic amines) is 1. The predicted molar refractivity (Wildman–Crippen MR) is 180 cm³/mol. The molecule has 2 aliphatic rings. The first-order valence-electron chi connectivity index (χ1n) is 16.8. The summed E-state index contributed by atoms with van der Waals surface area (Å²) in [5, 5.41) is 12.2. The predicted octanol–water partition coefficient (Wildman–Crippen LogP) is 6.48. The van der Waals surface area contributed by atoms with Crippen molar-refractivity contribution in [3.05, 3.63) is 91.6 Å². The number of carboxylic acid groups (broad SMARTS) is 1. The molecule has 0 unspecified atom stereocenters. The van der Waals surface area contributed by atoms with E-state index in [0.717, 1.165) is 35.4 Å². The molecule has 4 atom stereocenters. The van der Waals surface area contributed by atoms with Crippen molar-refractivity contribution in [2.24, 2.45) is 5.92 Å². The molecule has 14 heteroatoms. The third-order valence-corrected chi connectivity index (χ3v) is 9.68. The van der Waals surface area contributed by atoms with Crippen molar-refractivity contribution in [1.29, 1.82) is 0 Å². The minimum absolute atomic E-state index is 0.00900. The van der Waals surface area contributed by atoms with Crippen LogP contribution in [-0.2, 0) is 26.9 Å². The number of aliphatic carboxylic acids is 1. The topological polar surface area (TPSA) is 101 Å². The standard InChI is InChI=1S/C38H39F6N3O5/c1-6-22-12-27(33-20(4)10-24(39)11-21(33)5)36(41)34(35(22)40)29(15-32(49)50)45-37(51)30(9-19(2)3)47-16-23(28(14-31(47)48)38(42,43)44)7-8-46-17-26-13-25(46)18-52-26/h1,10-12,14,16,19,25-26,29-30H,7-9,13,15,17-18H2,2-5H3,(H,45,51)(H,49,50)/t25-,26-,29-,30+/m1/s1. The van der Waals surface area contributed by atoms with E-state index in [4.69, 9.17) is 11.2 Å². The van der Waals surface area contributed by atoms with E-state index in [0.29, 0.717) is 19.2 Å². The highest BCUT2D eigenvalue weighted by molar-refractivity contribution is 5.82. The van der Waals surface area contributed by atoms with E-state index >= 15 is 8.78 Å². The highest BCUT2D eigenvalue weighted by Crippen LogP contribution is 2.38. The lowest BCUT2D eigenvalue weighted by Gasteiger charge is -2.28. The number of aromatic nitrogens is 1. The molecule has 2 bridgehead atoms. The van der Waals surface area contributed by atoms with Gasteiger partial charge in [-0.25, -0.2) is 13.2 Å². The number of terminal acetylenes is 1. The van der Waals surface area contributed by atoms with Crippen LogP contribution in [0.25, 0.3) is 11.1 Å². The van der Waals surface area contributed by atoms with Crippen molar-refractivity contribution in [3.63, 3.8) is 0 Å². The summed E-state index contributed by atoms with van der Waals surface area (Å²) in [7, 11) is 0. The van der Waals surface area contributed by atoms with Gasteiger partial charge in [-0.3, -0.25) is 19.3 Å². The van der Waals surface area contributed by atoms with Crippen LogP contribution in [-0.4, -0.2) is 58.3 Å².